The van der Waals surface area contributed by atoms with Gasteiger partial charge in [-0.15, -0.1) is 5.10 Å². The lowest BCUT2D eigenvalue weighted by molar-refractivity contribution is -0.676. The van der Waals surface area contributed by atoms with Crippen LogP contribution in [0.1, 0.15) is 30.5 Å². The van der Waals surface area contributed by atoms with Crippen molar-refractivity contribution in [3.63, 3.8) is 0 Å². The third-order valence-electron chi connectivity index (χ3n) is 3.04. The topological polar surface area (TPSA) is 63.0 Å². The second-order valence-corrected chi connectivity index (χ2v) is 4.38. The highest BCUT2D eigenvalue weighted by molar-refractivity contribution is 5.09. The van der Waals surface area contributed by atoms with E-state index in [4.69, 9.17) is 0 Å². The van der Waals surface area contributed by atoms with Gasteiger partial charge in [-0.25, -0.2) is 0 Å². The number of H-pyrrole nitrogens is 1. The Morgan fingerprint density at radius 3 is 2.81 bits per heavy atom. The van der Waals surface area contributed by atoms with Crippen molar-refractivity contribution in [1.29, 1.82) is 0 Å². The summed E-state index contributed by atoms with van der Waals surface area (Å²) in [6.07, 6.45) is 3.68. The van der Waals surface area contributed by atoms with Gasteiger partial charge in [-0.1, -0.05) is 11.3 Å². The summed E-state index contributed by atoms with van der Waals surface area (Å²) in [5, 5.41) is 13.4. The van der Waals surface area contributed by atoms with Crippen LogP contribution in [0.25, 0.3) is 0 Å². The van der Waals surface area contributed by atoms with Crippen molar-refractivity contribution in [1.82, 2.24) is 10.00 Å². The predicted octanol–water partition coefficient (Wildman–Crippen LogP) is 0.303. The standard InChI is InChI=1S/C11H17N3O2/c1-9-7-10(11(15)12-14(9)16)8-13-5-3-2-4-6-13/h7H,2-6,8H2,1H3,(H,12,15). The fourth-order valence-corrected chi connectivity index (χ4v) is 2.10. The zero-order valence-corrected chi connectivity index (χ0v) is 9.53. The summed E-state index contributed by atoms with van der Waals surface area (Å²) in [4.78, 5) is 14.3. The number of likely N-dealkylation sites (tertiary alicyclic amines) is 1. The van der Waals surface area contributed by atoms with Crippen molar-refractivity contribution < 1.29 is 4.85 Å². The van der Waals surface area contributed by atoms with Gasteiger partial charge in [0, 0.05) is 25.1 Å². The lowest BCUT2D eigenvalue weighted by Crippen LogP contribution is -2.42. The maximum atomic E-state index is 11.6. The first kappa shape index (κ1) is 11.1. The van der Waals surface area contributed by atoms with Crippen LogP contribution in [0, 0.1) is 12.1 Å². The Kier molecular flexibility index (Phi) is 3.24. The van der Waals surface area contributed by atoms with Crippen LogP contribution in [0.3, 0.4) is 0 Å². The molecular formula is C11H17N3O2. The van der Waals surface area contributed by atoms with Crippen molar-refractivity contribution in [2.24, 2.45) is 0 Å². The smallest absolute Gasteiger partial charge is 0.303 e. The van der Waals surface area contributed by atoms with Gasteiger partial charge in [-0.3, -0.25) is 9.69 Å². The summed E-state index contributed by atoms with van der Waals surface area (Å²) < 4.78 is 0. The molecule has 1 fully saturated rings. The van der Waals surface area contributed by atoms with Gasteiger partial charge in [0.25, 0.3) is 0 Å². The van der Waals surface area contributed by atoms with E-state index in [1.54, 1.807) is 13.0 Å². The number of aromatic nitrogens is 2. The molecule has 1 aromatic heterocycles. The fourth-order valence-electron chi connectivity index (χ4n) is 2.10. The Morgan fingerprint density at radius 2 is 2.12 bits per heavy atom. The molecule has 1 aromatic rings. The molecule has 0 aliphatic carbocycles. The summed E-state index contributed by atoms with van der Waals surface area (Å²) in [7, 11) is 0. The first-order valence-electron chi connectivity index (χ1n) is 5.71. The van der Waals surface area contributed by atoms with Crippen molar-refractivity contribution in [3.05, 3.63) is 32.9 Å². The van der Waals surface area contributed by atoms with Gasteiger partial charge < -0.3 is 5.21 Å². The van der Waals surface area contributed by atoms with Crippen LogP contribution in [0.5, 0.6) is 0 Å². The number of nitrogens with zero attached hydrogens (tertiary/aromatic N) is 2. The Labute approximate surface area is 94.3 Å². The molecule has 0 spiro atoms. The van der Waals surface area contributed by atoms with E-state index in [0.717, 1.165) is 13.1 Å². The van der Waals surface area contributed by atoms with E-state index in [1.165, 1.54) is 19.3 Å². The number of aromatic amines is 1. The summed E-state index contributed by atoms with van der Waals surface area (Å²) in [5.41, 5.74) is 0.948. The third-order valence-corrected chi connectivity index (χ3v) is 3.04. The number of aryl methyl sites for hydroxylation is 1. The highest BCUT2D eigenvalue weighted by Crippen LogP contribution is 2.10. The van der Waals surface area contributed by atoms with Crippen molar-refractivity contribution in [2.45, 2.75) is 32.7 Å². The lowest BCUT2D eigenvalue weighted by atomic mass is 10.1. The molecule has 0 aromatic carbocycles. The van der Waals surface area contributed by atoms with Crippen molar-refractivity contribution >= 4 is 0 Å². The molecule has 1 N–H and O–H groups in total. The maximum absolute atomic E-state index is 11.6. The Morgan fingerprint density at radius 1 is 1.44 bits per heavy atom. The minimum Gasteiger partial charge on any atom is -0.596 e. The number of nitrogens with one attached hydrogen (secondary N) is 1. The molecule has 88 valence electrons. The molecule has 0 unspecified atom stereocenters. The van der Waals surface area contributed by atoms with Crippen LogP contribution in [-0.2, 0) is 6.54 Å². The molecule has 0 saturated carbocycles. The zero-order valence-electron chi connectivity index (χ0n) is 9.53. The van der Waals surface area contributed by atoms with E-state index in [1.807, 2.05) is 0 Å². The van der Waals surface area contributed by atoms with Crippen LogP contribution in [0.4, 0.5) is 0 Å². The number of hydrogen-bond acceptors (Lipinski definition) is 3. The van der Waals surface area contributed by atoms with E-state index in [2.05, 4.69) is 10.00 Å². The first-order chi connectivity index (χ1) is 7.66. The minimum absolute atomic E-state index is 0.272. The van der Waals surface area contributed by atoms with Crippen LogP contribution in [0.2, 0.25) is 0 Å². The zero-order chi connectivity index (χ0) is 11.5. The largest absolute Gasteiger partial charge is 0.596 e. The summed E-state index contributed by atoms with van der Waals surface area (Å²) in [6.45, 7) is 4.44. The molecule has 2 rings (SSSR count). The number of piperidine rings is 1. The van der Waals surface area contributed by atoms with Crippen molar-refractivity contribution in [3.8, 4) is 0 Å². The maximum Gasteiger partial charge on any atom is 0.303 e. The van der Waals surface area contributed by atoms with Crippen molar-refractivity contribution in [2.75, 3.05) is 13.1 Å². The van der Waals surface area contributed by atoms with Gasteiger partial charge in [0.2, 0.25) is 5.69 Å². The van der Waals surface area contributed by atoms with Gasteiger partial charge in [-0.2, -0.15) is 0 Å². The highest BCUT2D eigenvalue weighted by Gasteiger charge is 2.14. The average molecular weight is 223 g/mol. The molecule has 16 heavy (non-hydrogen) atoms. The molecule has 1 saturated heterocycles. The first-order valence-corrected chi connectivity index (χ1v) is 5.71. The van der Waals surface area contributed by atoms with Crippen LogP contribution in [-0.4, -0.2) is 23.1 Å². The molecule has 0 radical (unpaired) electrons. The second kappa shape index (κ2) is 4.65. The van der Waals surface area contributed by atoms with E-state index in [-0.39, 0.29) is 5.56 Å². The third kappa shape index (κ3) is 2.41. The highest BCUT2D eigenvalue weighted by atomic mass is 16.5. The second-order valence-electron chi connectivity index (χ2n) is 4.38. The summed E-state index contributed by atoms with van der Waals surface area (Å²) >= 11 is 0. The monoisotopic (exact) mass is 223 g/mol. The molecule has 0 bridgehead atoms. The average Bonchev–Trinajstić information content (AvgIpc) is 2.27. The van der Waals surface area contributed by atoms with Gasteiger partial charge in [0.05, 0.1) is 0 Å². The molecule has 0 amide bonds. The van der Waals surface area contributed by atoms with Gasteiger partial charge in [0.1, 0.15) is 0 Å². The fraction of sp³-hybridized carbons (Fsp3) is 0.636. The molecular weight excluding hydrogens is 206 g/mol. The van der Waals surface area contributed by atoms with E-state index in [0.29, 0.717) is 22.6 Å². The normalized spacial score (nSPS) is 17.6. The summed E-state index contributed by atoms with van der Waals surface area (Å²) in [6, 6.07) is 1.68. The van der Waals surface area contributed by atoms with E-state index in [9.17, 15) is 10.0 Å². The SMILES string of the molecule is Cc1cc(CN2CCCCC2)c(=O)[nH][n+]1[O-]. The molecule has 5 heteroatoms. The Balaban J connectivity index is 2.14. The Bertz CT molecular complexity index is 422. The number of rotatable bonds is 2. The van der Waals surface area contributed by atoms with E-state index < -0.39 is 0 Å². The van der Waals surface area contributed by atoms with Crippen LogP contribution >= 0.6 is 0 Å². The van der Waals surface area contributed by atoms with E-state index >= 15 is 0 Å². The predicted molar refractivity (Wildman–Crippen MR) is 59.9 cm³/mol. The lowest BCUT2D eigenvalue weighted by Gasteiger charge is -2.25. The van der Waals surface area contributed by atoms with Gasteiger partial charge >= 0.3 is 5.56 Å². The number of hydrogen-bond donors (Lipinski definition) is 1. The van der Waals surface area contributed by atoms with Crippen LogP contribution < -0.4 is 10.4 Å². The minimum atomic E-state index is -0.272. The molecule has 5 nitrogen and oxygen atoms in total. The Hall–Kier alpha value is -1.36. The molecule has 0 atom stereocenters. The molecule has 1 aliphatic heterocycles. The summed E-state index contributed by atoms with van der Waals surface area (Å²) in [5.74, 6) is 0. The van der Waals surface area contributed by atoms with Gasteiger partial charge in [0.15, 0.2) is 0 Å². The van der Waals surface area contributed by atoms with Gasteiger partial charge in [-0.05, 0) is 25.9 Å². The molecule has 2 heterocycles. The quantitative estimate of drug-likeness (QED) is 0.579. The van der Waals surface area contributed by atoms with Crippen LogP contribution in [0.15, 0.2) is 10.9 Å². The molecule has 1 aliphatic rings.